The van der Waals surface area contributed by atoms with E-state index >= 15 is 0 Å². The van der Waals surface area contributed by atoms with E-state index in [4.69, 9.17) is 10.5 Å². The second-order valence-electron chi connectivity index (χ2n) is 7.41. The van der Waals surface area contributed by atoms with Crippen LogP contribution in [0.3, 0.4) is 0 Å². The molecule has 0 aliphatic carbocycles. The number of guanidine groups is 1. The summed E-state index contributed by atoms with van der Waals surface area (Å²) in [5, 5.41) is 0. The van der Waals surface area contributed by atoms with Gasteiger partial charge in [-0.25, -0.2) is 4.39 Å². The number of methoxy groups -OCH3 is 1. The SMILES string of the molecule is Br.COc1cccc(C(CN=C(N)N2CCN(c3ccc(F)cc3)CC2)N(C)C)c1. The molecule has 30 heavy (non-hydrogen) atoms. The van der Waals surface area contributed by atoms with Crippen LogP contribution in [0.2, 0.25) is 0 Å². The summed E-state index contributed by atoms with van der Waals surface area (Å²) >= 11 is 0. The highest BCUT2D eigenvalue weighted by atomic mass is 79.9. The summed E-state index contributed by atoms with van der Waals surface area (Å²) in [6, 6.07) is 14.8. The number of hydrogen-bond acceptors (Lipinski definition) is 4. The number of aliphatic imine (C=N–C) groups is 1. The molecule has 2 N–H and O–H groups in total. The number of nitrogens with two attached hydrogens (primary N) is 1. The zero-order valence-corrected chi connectivity index (χ0v) is 19.5. The highest BCUT2D eigenvalue weighted by molar-refractivity contribution is 8.93. The summed E-state index contributed by atoms with van der Waals surface area (Å²) in [5.41, 5.74) is 8.48. The number of anilines is 1. The van der Waals surface area contributed by atoms with Crippen molar-refractivity contribution < 1.29 is 9.13 Å². The van der Waals surface area contributed by atoms with Gasteiger partial charge in [-0.2, -0.15) is 0 Å². The van der Waals surface area contributed by atoms with E-state index in [1.54, 1.807) is 7.11 Å². The molecule has 1 unspecified atom stereocenters. The highest BCUT2D eigenvalue weighted by Gasteiger charge is 2.20. The van der Waals surface area contributed by atoms with E-state index in [-0.39, 0.29) is 28.8 Å². The Balaban J connectivity index is 0.00000320. The van der Waals surface area contributed by atoms with Crippen molar-refractivity contribution in [2.24, 2.45) is 10.7 Å². The Hall–Kier alpha value is -2.32. The van der Waals surface area contributed by atoms with Gasteiger partial charge < -0.3 is 25.2 Å². The van der Waals surface area contributed by atoms with Gasteiger partial charge >= 0.3 is 0 Å². The Labute approximate surface area is 188 Å². The van der Waals surface area contributed by atoms with E-state index in [0.29, 0.717) is 12.5 Å². The minimum Gasteiger partial charge on any atom is -0.497 e. The first-order valence-corrected chi connectivity index (χ1v) is 9.83. The van der Waals surface area contributed by atoms with Gasteiger partial charge in [0.15, 0.2) is 5.96 Å². The fraction of sp³-hybridized carbons (Fsp3) is 0.409. The molecule has 0 saturated carbocycles. The molecule has 3 rings (SSSR count). The largest absolute Gasteiger partial charge is 0.497 e. The van der Waals surface area contributed by atoms with Gasteiger partial charge in [0.05, 0.1) is 19.7 Å². The van der Waals surface area contributed by atoms with Crippen molar-refractivity contribution >= 4 is 28.6 Å². The van der Waals surface area contributed by atoms with E-state index in [1.807, 2.05) is 44.4 Å². The van der Waals surface area contributed by atoms with Gasteiger partial charge in [0.1, 0.15) is 11.6 Å². The molecule has 0 radical (unpaired) electrons. The molecule has 1 fully saturated rings. The van der Waals surface area contributed by atoms with Gasteiger partial charge in [0.2, 0.25) is 0 Å². The standard InChI is InChI=1S/C22H30FN5O.BrH/c1-26(2)21(17-5-4-6-20(15-17)29-3)16-25-22(24)28-13-11-27(12-14-28)19-9-7-18(23)8-10-19;/h4-10,15,21H,11-14,16H2,1-3H3,(H2,24,25);1H. The van der Waals surface area contributed by atoms with Crippen LogP contribution in [0.25, 0.3) is 0 Å². The maximum atomic E-state index is 13.1. The highest BCUT2D eigenvalue weighted by Crippen LogP contribution is 2.23. The van der Waals surface area contributed by atoms with Crippen LogP contribution in [0.5, 0.6) is 5.75 Å². The molecule has 1 aliphatic heterocycles. The molecule has 1 atom stereocenters. The first-order valence-electron chi connectivity index (χ1n) is 9.83. The van der Waals surface area contributed by atoms with Crippen molar-refractivity contribution in [2.75, 3.05) is 58.8 Å². The number of halogens is 2. The first kappa shape index (κ1) is 24.0. The van der Waals surface area contributed by atoms with Crippen LogP contribution in [0.4, 0.5) is 10.1 Å². The van der Waals surface area contributed by atoms with E-state index in [9.17, 15) is 4.39 Å². The van der Waals surface area contributed by atoms with Crippen LogP contribution in [0.1, 0.15) is 11.6 Å². The van der Waals surface area contributed by atoms with Crippen molar-refractivity contribution in [2.45, 2.75) is 6.04 Å². The molecule has 6 nitrogen and oxygen atoms in total. The van der Waals surface area contributed by atoms with Crippen LogP contribution in [-0.2, 0) is 0 Å². The van der Waals surface area contributed by atoms with Crippen LogP contribution in [0.15, 0.2) is 53.5 Å². The lowest BCUT2D eigenvalue weighted by Gasteiger charge is -2.36. The Kier molecular flexibility index (Phi) is 8.92. The lowest BCUT2D eigenvalue weighted by molar-refractivity contribution is 0.303. The molecule has 1 saturated heterocycles. The third kappa shape index (κ3) is 6.09. The first-order chi connectivity index (χ1) is 14.0. The van der Waals surface area contributed by atoms with Crippen LogP contribution >= 0.6 is 17.0 Å². The van der Waals surface area contributed by atoms with Gasteiger partial charge in [0.25, 0.3) is 0 Å². The molecule has 164 valence electrons. The Morgan fingerprint density at radius 3 is 2.40 bits per heavy atom. The molecule has 1 heterocycles. The molecule has 1 aliphatic rings. The molecule has 0 aromatic heterocycles. The summed E-state index contributed by atoms with van der Waals surface area (Å²) < 4.78 is 18.5. The zero-order valence-electron chi connectivity index (χ0n) is 17.8. The number of hydrogen-bond donors (Lipinski definition) is 1. The molecule has 0 bridgehead atoms. The fourth-order valence-electron chi connectivity index (χ4n) is 3.54. The summed E-state index contributed by atoms with van der Waals surface area (Å²) in [6.45, 7) is 3.81. The minimum atomic E-state index is -0.213. The lowest BCUT2D eigenvalue weighted by atomic mass is 10.1. The summed E-state index contributed by atoms with van der Waals surface area (Å²) in [5.74, 6) is 1.19. The van der Waals surface area contributed by atoms with Gasteiger partial charge in [-0.1, -0.05) is 12.1 Å². The number of rotatable bonds is 6. The third-order valence-corrected chi connectivity index (χ3v) is 5.32. The van der Waals surface area contributed by atoms with Crippen LogP contribution in [-0.4, -0.2) is 69.7 Å². The molecular formula is C22H31BrFN5O. The smallest absolute Gasteiger partial charge is 0.191 e. The average Bonchev–Trinajstić information content (AvgIpc) is 2.74. The predicted molar refractivity (Wildman–Crippen MR) is 126 cm³/mol. The molecule has 0 spiro atoms. The van der Waals surface area contributed by atoms with Gasteiger partial charge in [0, 0.05) is 31.9 Å². The zero-order chi connectivity index (χ0) is 20.8. The van der Waals surface area contributed by atoms with E-state index in [1.165, 1.54) is 12.1 Å². The van der Waals surface area contributed by atoms with Crippen molar-refractivity contribution in [3.8, 4) is 5.75 Å². The molecule has 2 aromatic rings. The fourth-order valence-corrected chi connectivity index (χ4v) is 3.54. The summed E-state index contributed by atoms with van der Waals surface area (Å²) in [7, 11) is 5.75. The van der Waals surface area contributed by atoms with Crippen molar-refractivity contribution in [1.29, 1.82) is 0 Å². The van der Waals surface area contributed by atoms with E-state index < -0.39 is 0 Å². The summed E-state index contributed by atoms with van der Waals surface area (Å²) in [4.78, 5) is 11.2. The molecule has 0 amide bonds. The number of nitrogens with zero attached hydrogens (tertiary/aromatic N) is 4. The lowest BCUT2D eigenvalue weighted by Crippen LogP contribution is -2.51. The number of benzene rings is 2. The third-order valence-electron chi connectivity index (χ3n) is 5.32. The molecular weight excluding hydrogens is 449 g/mol. The molecule has 2 aromatic carbocycles. The van der Waals surface area contributed by atoms with Gasteiger partial charge in [-0.05, 0) is 56.1 Å². The van der Waals surface area contributed by atoms with Crippen LogP contribution < -0.4 is 15.4 Å². The molecule has 8 heteroatoms. The normalized spacial score (nSPS) is 15.7. The topological polar surface area (TPSA) is 57.3 Å². The Morgan fingerprint density at radius 1 is 1.13 bits per heavy atom. The number of likely N-dealkylation sites (N-methyl/N-ethyl adjacent to an activating group) is 1. The predicted octanol–water partition coefficient (Wildman–Crippen LogP) is 3.15. The maximum absolute atomic E-state index is 13.1. The maximum Gasteiger partial charge on any atom is 0.191 e. The Bertz CT molecular complexity index is 823. The van der Waals surface area contributed by atoms with Crippen LogP contribution in [0, 0.1) is 5.82 Å². The van der Waals surface area contributed by atoms with E-state index in [2.05, 4.69) is 25.8 Å². The monoisotopic (exact) mass is 479 g/mol. The second-order valence-corrected chi connectivity index (χ2v) is 7.41. The second kappa shape index (κ2) is 11.2. The van der Waals surface area contributed by atoms with Crippen molar-refractivity contribution in [3.63, 3.8) is 0 Å². The quantitative estimate of drug-likeness (QED) is 0.509. The Morgan fingerprint density at radius 2 is 1.80 bits per heavy atom. The minimum absolute atomic E-state index is 0. The van der Waals surface area contributed by atoms with E-state index in [0.717, 1.165) is 43.2 Å². The summed E-state index contributed by atoms with van der Waals surface area (Å²) in [6.07, 6.45) is 0. The van der Waals surface area contributed by atoms with Crippen molar-refractivity contribution in [3.05, 3.63) is 59.9 Å². The van der Waals surface area contributed by atoms with Gasteiger partial charge in [-0.15, -0.1) is 17.0 Å². The average molecular weight is 480 g/mol. The number of ether oxygens (including phenoxy) is 1. The number of piperazine rings is 1. The van der Waals surface area contributed by atoms with Gasteiger partial charge in [-0.3, -0.25) is 4.99 Å². The van der Waals surface area contributed by atoms with Crippen molar-refractivity contribution in [1.82, 2.24) is 9.80 Å².